The van der Waals surface area contributed by atoms with Crippen molar-refractivity contribution in [1.29, 1.82) is 0 Å². The minimum absolute atomic E-state index is 0.368. The summed E-state index contributed by atoms with van der Waals surface area (Å²) in [5.74, 6) is -0.588. The summed E-state index contributed by atoms with van der Waals surface area (Å²) in [5, 5.41) is 43.8. The maximum atomic E-state index is 12.6. The second kappa shape index (κ2) is 46.1. The zero-order chi connectivity index (χ0) is 41.7. The van der Waals surface area contributed by atoms with E-state index in [0.29, 0.717) is 12.8 Å². The Labute approximate surface area is 355 Å². The summed E-state index contributed by atoms with van der Waals surface area (Å²) in [5.41, 5.74) is 0. The van der Waals surface area contributed by atoms with E-state index >= 15 is 0 Å². The van der Waals surface area contributed by atoms with Crippen LogP contribution in [0.3, 0.4) is 0 Å². The molecule has 0 saturated carbocycles. The van der Waals surface area contributed by atoms with Crippen molar-refractivity contribution < 1.29 is 25.2 Å². The first kappa shape index (κ1) is 56.0. The number of rotatable bonds is 47. The van der Waals surface area contributed by atoms with Crippen LogP contribution in [0.15, 0.2) is 12.2 Å². The average Bonchev–Trinajstić information content (AvgIpc) is 3.22. The fourth-order valence-corrected chi connectivity index (χ4v) is 8.17. The molecule has 4 atom stereocenters. The van der Waals surface area contributed by atoms with E-state index in [-0.39, 0.29) is 0 Å². The van der Waals surface area contributed by atoms with E-state index in [1.807, 2.05) is 0 Å². The standard InChI is InChI=1S/C51H101NO5/c1-3-5-7-9-11-13-15-17-19-21-23-24-25-27-29-31-33-35-37-39-41-43-45-49(55)51(57)52-47(46-53)50(56)48(54)44-42-40-38-36-34-32-30-28-26-22-20-18-16-14-12-10-8-6-4-2/h36,38,47-50,53-56H,3-35,37,39-46H2,1-2H3,(H,52,57)/b38-36+. The van der Waals surface area contributed by atoms with Crippen molar-refractivity contribution >= 4 is 5.91 Å². The van der Waals surface area contributed by atoms with Gasteiger partial charge in [0.1, 0.15) is 12.2 Å². The number of aliphatic hydroxyl groups excluding tert-OH is 4. The van der Waals surface area contributed by atoms with Crippen LogP contribution in [0, 0.1) is 0 Å². The lowest BCUT2D eigenvalue weighted by Gasteiger charge is -2.27. The van der Waals surface area contributed by atoms with Gasteiger partial charge in [-0.25, -0.2) is 0 Å². The van der Waals surface area contributed by atoms with E-state index in [1.165, 1.54) is 212 Å². The predicted molar refractivity (Wildman–Crippen MR) is 247 cm³/mol. The van der Waals surface area contributed by atoms with Crippen molar-refractivity contribution in [2.45, 2.75) is 301 Å². The van der Waals surface area contributed by atoms with Crippen molar-refractivity contribution in [3.8, 4) is 0 Å². The lowest BCUT2D eigenvalue weighted by Crippen LogP contribution is -2.53. The molecule has 6 heteroatoms. The molecule has 1 amide bonds. The van der Waals surface area contributed by atoms with Gasteiger partial charge in [0.05, 0.1) is 18.8 Å². The van der Waals surface area contributed by atoms with Crippen LogP contribution in [0.2, 0.25) is 0 Å². The Balaban J connectivity index is 3.67. The summed E-state index contributed by atoms with van der Waals surface area (Å²) < 4.78 is 0. The van der Waals surface area contributed by atoms with Crippen molar-refractivity contribution in [3.05, 3.63) is 12.2 Å². The molecule has 0 aliphatic rings. The molecule has 0 saturated heterocycles. The molecule has 0 aromatic heterocycles. The number of amides is 1. The minimum Gasteiger partial charge on any atom is -0.394 e. The largest absolute Gasteiger partial charge is 0.394 e. The van der Waals surface area contributed by atoms with Crippen LogP contribution in [-0.4, -0.2) is 57.3 Å². The highest BCUT2D eigenvalue weighted by atomic mass is 16.3. The first-order chi connectivity index (χ1) is 28.0. The zero-order valence-corrected chi connectivity index (χ0v) is 38.4. The van der Waals surface area contributed by atoms with Crippen molar-refractivity contribution in [2.75, 3.05) is 6.61 Å². The molecule has 4 unspecified atom stereocenters. The Morgan fingerprint density at radius 2 is 0.719 bits per heavy atom. The lowest BCUT2D eigenvalue weighted by atomic mass is 10.00. The fraction of sp³-hybridized carbons (Fsp3) is 0.941. The lowest BCUT2D eigenvalue weighted by molar-refractivity contribution is -0.132. The third-order valence-electron chi connectivity index (χ3n) is 12.2. The number of allylic oxidation sites excluding steroid dienone is 2. The molecule has 0 radical (unpaired) electrons. The van der Waals surface area contributed by atoms with Crippen LogP contribution in [0.1, 0.15) is 277 Å². The number of carbonyl (C=O) groups is 1. The summed E-state index contributed by atoms with van der Waals surface area (Å²) in [4.78, 5) is 12.6. The fourth-order valence-electron chi connectivity index (χ4n) is 8.17. The molecule has 0 bridgehead atoms. The molecule has 0 aromatic rings. The summed E-state index contributed by atoms with van der Waals surface area (Å²) in [6.07, 6.45) is 52.6. The average molecular weight is 808 g/mol. The maximum Gasteiger partial charge on any atom is 0.249 e. The molecule has 0 aliphatic carbocycles. The molecule has 0 fully saturated rings. The van der Waals surface area contributed by atoms with Crippen LogP contribution >= 0.6 is 0 Å². The third-order valence-corrected chi connectivity index (χ3v) is 12.2. The topological polar surface area (TPSA) is 110 Å². The van der Waals surface area contributed by atoms with Gasteiger partial charge in [0, 0.05) is 0 Å². The van der Waals surface area contributed by atoms with Crippen molar-refractivity contribution in [1.82, 2.24) is 5.32 Å². The third kappa shape index (κ3) is 40.2. The van der Waals surface area contributed by atoms with Crippen molar-refractivity contribution in [3.63, 3.8) is 0 Å². The number of hydrogen-bond donors (Lipinski definition) is 5. The van der Waals surface area contributed by atoms with Gasteiger partial charge in [-0.2, -0.15) is 0 Å². The first-order valence-corrected chi connectivity index (χ1v) is 25.6. The summed E-state index contributed by atoms with van der Waals surface area (Å²) >= 11 is 0. The first-order valence-electron chi connectivity index (χ1n) is 25.6. The minimum atomic E-state index is -1.28. The number of nitrogens with one attached hydrogen (secondary N) is 1. The van der Waals surface area contributed by atoms with Crippen LogP contribution in [0.4, 0.5) is 0 Å². The number of hydrogen-bond acceptors (Lipinski definition) is 5. The van der Waals surface area contributed by atoms with Gasteiger partial charge < -0.3 is 25.7 Å². The Kier molecular flexibility index (Phi) is 45.4. The smallest absolute Gasteiger partial charge is 0.249 e. The molecule has 0 spiro atoms. The van der Waals surface area contributed by atoms with Crippen LogP contribution in [0.5, 0.6) is 0 Å². The van der Waals surface area contributed by atoms with Gasteiger partial charge in [-0.15, -0.1) is 0 Å². The summed E-state index contributed by atoms with van der Waals surface area (Å²) in [7, 11) is 0. The highest BCUT2D eigenvalue weighted by Gasteiger charge is 2.28. The number of aliphatic hydroxyl groups is 4. The Morgan fingerprint density at radius 3 is 1.05 bits per heavy atom. The molecular weight excluding hydrogens is 707 g/mol. The molecule has 0 aromatic carbocycles. The van der Waals surface area contributed by atoms with Crippen LogP contribution < -0.4 is 5.32 Å². The predicted octanol–water partition coefficient (Wildman–Crippen LogP) is 14.1. The molecule has 6 nitrogen and oxygen atoms in total. The molecule has 0 rings (SSSR count). The van der Waals surface area contributed by atoms with Gasteiger partial charge in [0.15, 0.2) is 0 Å². The molecule has 0 heterocycles. The Bertz CT molecular complexity index is 821. The van der Waals surface area contributed by atoms with E-state index in [0.717, 1.165) is 38.5 Å². The monoisotopic (exact) mass is 808 g/mol. The van der Waals surface area contributed by atoms with Crippen LogP contribution in [0.25, 0.3) is 0 Å². The Hall–Kier alpha value is -0.950. The van der Waals surface area contributed by atoms with E-state index in [1.54, 1.807) is 0 Å². The number of unbranched alkanes of at least 4 members (excludes halogenated alkanes) is 36. The second-order valence-corrected chi connectivity index (χ2v) is 17.9. The molecule has 5 N–H and O–H groups in total. The van der Waals surface area contributed by atoms with Gasteiger partial charge in [0.2, 0.25) is 5.91 Å². The SMILES string of the molecule is CCCCCCCCCCCCCCCC/C=C/CCCC(O)C(O)C(CO)NC(=O)C(O)CCCCCCCCCCCCCCCCCCCCCCCC. The molecular formula is C51H101NO5. The molecule has 0 aliphatic heterocycles. The van der Waals surface area contributed by atoms with E-state index in [4.69, 9.17) is 0 Å². The molecule has 57 heavy (non-hydrogen) atoms. The van der Waals surface area contributed by atoms with E-state index in [2.05, 4.69) is 31.3 Å². The van der Waals surface area contributed by atoms with Gasteiger partial charge in [-0.1, -0.05) is 251 Å². The summed E-state index contributed by atoms with van der Waals surface area (Å²) in [6, 6.07) is -0.998. The highest BCUT2D eigenvalue weighted by Crippen LogP contribution is 2.17. The maximum absolute atomic E-state index is 12.6. The molecule has 340 valence electrons. The van der Waals surface area contributed by atoms with Gasteiger partial charge in [-0.3, -0.25) is 4.79 Å². The second-order valence-electron chi connectivity index (χ2n) is 17.9. The van der Waals surface area contributed by atoms with Crippen LogP contribution in [-0.2, 0) is 4.79 Å². The van der Waals surface area contributed by atoms with Gasteiger partial charge >= 0.3 is 0 Å². The summed E-state index contributed by atoms with van der Waals surface area (Å²) in [6.45, 7) is 4.07. The number of carbonyl (C=O) groups excluding carboxylic acids is 1. The highest BCUT2D eigenvalue weighted by molar-refractivity contribution is 5.80. The van der Waals surface area contributed by atoms with E-state index in [9.17, 15) is 25.2 Å². The zero-order valence-electron chi connectivity index (χ0n) is 38.4. The van der Waals surface area contributed by atoms with Crippen molar-refractivity contribution in [2.24, 2.45) is 0 Å². The van der Waals surface area contributed by atoms with Gasteiger partial charge in [0.25, 0.3) is 0 Å². The van der Waals surface area contributed by atoms with Gasteiger partial charge in [-0.05, 0) is 38.5 Å². The Morgan fingerprint density at radius 1 is 0.421 bits per heavy atom. The quantitative estimate of drug-likeness (QED) is 0.0311. The van der Waals surface area contributed by atoms with E-state index < -0.39 is 36.9 Å². The normalized spacial score (nSPS) is 14.0.